The van der Waals surface area contributed by atoms with Gasteiger partial charge in [-0.3, -0.25) is 0 Å². The van der Waals surface area contributed by atoms with Gasteiger partial charge in [0.15, 0.2) is 0 Å². The zero-order chi connectivity index (χ0) is 11.1. The second kappa shape index (κ2) is 3.56. The van der Waals surface area contributed by atoms with E-state index in [0.29, 0.717) is 0 Å². The molecule has 2 aromatic rings. The van der Waals surface area contributed by atoms with E-state index in [1.165, 1.54) is 16.5 Å². The number of hydrogen-bond donors (Lipinski definition) is 1. The van der Waals surface area contributed by atoms with E-state index in [4.69, 9.17) is 0 Å². The van der Waals surface area contributed by atoms with Crippen LogP contribution in [-0.4, -0.2) is 10.1 Å². The average Bonchev–Trinajstić information content (AvgIpc) is 2.28. The summed E-state index contributed by atoms with van der Waals surface area (Å²) < 4.78 is 0. The monoisotopic (exact) mass is 213 g/mol. The van der Waals surface area contributed by atoms with Crippen molar-refractivity contribution in [3.63, 3.8) is 0 Å². The lowest BCUT2D eigenvalue weighted by Crippen LogP contribution is -2.11. The van der Waals surface area contributed by atoms with Gasteiger partial charge in [-0.2, -0.15) is 0 Å². The molecule has 16 heavy (non-hydrogen) atoms. The third-order valence-corrected chi connectivity index (χ3v) is 3.32. The zero-order valence-corrected chi connectivity index (χ0v) is 9.40. The number of fused-ring (bicyclic) bond motifs is 2. The second-order valence-corrected chi connectivity index (χ2v) is 4.64. The first kappa shape index (κ1) is 9.79. The average molecular weight is 213 g/mol. The molecule has 82 valence electrons. The molecule has 1 aromatic heterocycles. The molecule has 0 aliphatic heterocycles. The lowest BCUT2D eigenvalue weighted by Gasteiger charge is -2.20. The molecule has 0 bridgehead atoms. The van der Waals surface area contributed by atoms with Crippen LogP contribution in [0.15, 0.2) is 24.3 Å². The molecular formula is C14H15NO. The fourth-order valence-electron chi connectivity index (χ4n) is 2.45. The van der Waals surface area contributed by atoms with Crippen LogP contribution < -0.4 is 0 Å². The van der Waals surface area contributed by atoms with Crippen LogP contribution in [0.25, 0.3) is 10.9 Å². The maximum atomic E-state index is 9.93. The molecule has 0 radical (unpaired) electrons. The first-order valence-electron chi connectivity index (χ1n) is 5.82. The summed E-state index contributed by atoms with van der Waals surface area (Å²) in [6.45, 7) is 2.07. The summed E-state index contributed by atoms with van der Waals surface area (Å²) >= 11 is 0. The van der Waals surface area contributed by atoms with Crippen LogP contribution in [0.5, 0.6) is 0 Å². The lowest BCUT2D eigenvalue weighted by molar-refractivity contribution is 0.152. The minimum atomic E-state index is -0.367. The van der Waals surface area contributed by atoms with E-state index < -0.39 is 0 Å². The number of pyridine rings is 1. The van der Waals surface area contributed by atoms with Gasteiger partial charge in [-0.25, -0.2) is 4.98 Å². The Balaban J connectivity index is 2.26. The zero-order valence-electron chi connectivity index (χ0n) is 9.40. The minimum absolute atomic E-state index is 0.367. The van der Waals surface area contributed by atoms with E-state index >= 15 is 0 Å². The summed E-state index contributed by atoms with van der Waals surface area (Å²) in [5.74, 6) is 0. The summed E-state index contributed by atoms with van der Waals surface area (Å²) in [6.07, 6.45) is 2.59. The third-order valence-electron chi connectivity index (χ3n) is 3.32. The molecule has 1 heterocycles. The van der Waals surface area contributed by atoms with Gasteiger partial charge in [0, 0.05) is 5.39 Å². The highest BCUT2D eigenvalue weighted by molar-refractivity contribution is 5.80. The Morgan fingerprint density at radius 1 is 1.31 bits per heavy atom. The van der Waals surface area contributed by atoms with E-state index in [1.54, 1.807) is 0 Å². The van der Waals surface area contributed by atoms with Crippen molar-refractivity contribution in [2.75, 3.05) is 0 Å². The van der Waals surface area contributed by atoms with Crippen LogP contribution in [0, 0.1) is 6.92 Å². The molecule has 0 spiro atoms. The van der Waals surface area contributed by atoms with Gasteiger partial charge >= 0.3 is 0 Å². The molecule has 0 saturated carbocycles. The van der Waals surface area contributed by atoms with Crippen molar-refractivity contribution >= 4 is 10.9 Å². The Bertz CT molecular complexity index is 548. The Morgan fingerprint density at radius 2 is 2.19 bits per heavy atom. The number of nitrogens with zero attached hydrogens (tertiary/aromatic N) is 1. The van der Waals surface area contributed by atoms with Crippen LogP contribution in [0.3, 0.4) is 0 Å². The molecular weight excluding hydrogens is 198 g/mol. The topological polar surface area (TPSA) is 33.1 Å². The second-order valence-electron chi connectivity index (χ2n) is 4.64. The summed E-state index contributed by atoms with van der Waals surface area (Å²) in [6, 6.07) is 8.48. The van der Waals surface area contributed by atoms with Crippen molar-refractivity contribution in [1.82, 2.24) is 4.98 Å². The summed E-state index contributed by atoms with van der Waals surface area (Å²) in [5, 5.41) is 11.1. The van der Waals surface area contributed by atoms with Crippen molar-refractivity contribution in [1.29, 1.82) is 0 Å². The predicted octanol–water partition coefficient (Wildman–Crippen LogP) is 2.91. The first-order valence-corrected chi connectivity index (χ1v) is 5.82. The number of benzene rings is 1. The summed E-state index contributed by atoms with van der Waals surface area (Å²) in [5.41, 5.74) is 4.32. The van der Waals surface area contributed by atoms with Gasteiger partial charge in [-0.05, 0) is 49.4 Å². The molecule has 0 saturated heterocycles. The first-order chi connectivity index (χ1) is 7.74. The quantitative estimate of drug-likeness (QED) is 0.730. The van der Waals surface area contributed by atoms with Crippen LogP contribution >= 0.6 is 0 Å². The highest BCUT2D eigenvalue weighted by Gasteiger charge is 2.19. The van der Waals surface area contributed by atoms with Gasteiger partial charge in [0.2, 0.25) is 0 Å². The molecule has 1 N–H and O–H groups in total. The van der Waals surface area contributed by atoms with Crippen molar-refractivity contribution < 1.29 is 5.11 Å². The van der Waals surface area contributed by atoms with Crippen molar-refractivity contribution in [3.8, 4) is 0 Å². The smallest absolute Gasteiger partial charge is 0.0962 e. The SMILES string of the molecule is Cc1ccc2cc3c(nc2c1)C(O)CCC3. The van der Waals surface area contributed by atoms with Crippen LogP contribution in [0.4, 0.5) is 0 Å². The van der Waals surface area contributed by atoms with Gasteiger partial charge in [0.25, 0.3) is 0 Å². The van der Waals surface area contributed by atoms with E-state index in [9.17, 15) is 5.11 Å². The summed E-state index contributed by atoms with van der Waals surface area (Å²) in [7, 11) is 0. The van der Waals surface area contributed by atoms with E-state index in [0.717, 1.165) is 30.5 Å². The van der Waals surface area contributed by atoms with E-state index in [-0.39, 0.29) is 6.10 Å². The molecule has 0 fully saturated rings. The largest absolute Gasteiger partial charge is 0.387 e. The Kier molecular flexibility index (Phi) is 2.18. The third kappa shape index (κ3) is 1.50. The number of aliphatic hydroxyl groups excluding tert-OH is 1. The molecule has 2 nitrogen and oxygen atoms in total. The van der Waals surface area contributed by atoms with E-state index in [2.05, 4.69) is 36.2 Å². The van der Waals surface area contributed by atoms with E-state index in [1.807, 2.05) is 0 Å². The van der Waals surface area contributed by atoms with Gasteiger partial charge in [0.05, 0.1) is 17.3 Å². The molecule has 2 heteroatoms. The Hall–Kier alpha value is -1.41. The molecule has 1 unspecified atom stereocenters. The van der Waals surface area contributed by atoms with Gasteiger partial charge in [-0.1, -0.05) is 12.1 Å². The predicted molar refractivity (Wildman–Crippen MR) is 64.4 cm³/mol. The molecule has 1 aromatic carbocycles. The Morgan fingerprint density at radius 3 is 3.06 bits per heavy atom. The summed E-state index contributed by atoms with van der Waals surface area (Å²) in [4.78, 5) is 4.61. The number of rotatable bonds is 0. The van der Waals surface area contributed by atoms with Crippen molar-refractivity contribution in [3.05, 3.63) is 41.1 Å². The highest BCUT2D eigenvalue weighted by atomic mass is 16.3. The fraction of sp³-hybridized carbons (Fsp3) is 0.357. The molecule has 1 atom stereocenters. The van der Waals surface area contributed by atoms with Gasteiger partial charge < -0.3 is 5.11 Å². The number of aryl methyl sites for hydroxylation is 2. The lowest BCUT2D eigenvalue weighted by atomic mass is 9.92. The molecule has 1 aliphatic carbocycles. The minimum Gasteiger partial charge on any atom is -0.387 e. The molecule has 3 rings (SSSR count). The maximum absolute atomic E-state index is 9.93. The molecule has 0 amide bonds. The molecule has 1 aliphatic rings. The standard InChI is InChI=1S/C14H15NO/c1-9-5-6-10-8-11-3-2-4-13(16)14(11)15-12(10)7-9/h5-8,13,16H,2-4H2,1H3. The van der Waals surface area contributed by atoms with Crippen molar-refractivity contribution in [2.45, 2.75) is 32.3 Å². The van der Waals surface area contributed by atoms with Crippen LogP contribution in [0.1, 0.15) is 35.8 Å². The van der Waals surface area contributed by atoms with Crippen LogP contribution in [0.2, 0.25) is 0 Å². The number of hydrogen-bond acceptors (Lipinski definition) is 2. The number of aliphatic hydroxyl groups is 1. The highest BCUT2D eigenvalue weighted by Crippen LogP contribution is 2.30. The normalized spacial score (nSPS) is 19.8. The maximum Gasteiger partial charge on any atom is 0.0962 e. The fourth-order valence-corrected chi connectivity index (χ4v) is 2.45. The van der Waals surface area contributed by atoms with Gasteiger partial charge in [0.1, 0.15) is 0 Å². The van der Waals surface area contributed by atoms with Crippen molar-refractivity contribution in [2.24, 2.45) is 0 Å². The van der Waals surface area contributed by atoms with Crippen LogP contribution in [-0.2, 0) is 6.42 Å². The Labute approximate surface area is 94.9 Å². The van der Waals surface area contributed by atoms with Gasteiger partial charge in [-0.15, -0.1) is 0 Å². The number of aromatic nitrogens is 1.